The van der Waals surface area contributed by atoms with E-state index in [4.69, 9.17) is 8.83 Å². The molecule has 4 heterocycles. The first-order valence-electron chi connectivity index (χ1n) is 21.2. The van der Waals surface area contributed by atoms with Crippen molar-refractivity contribution in [1.82, 2.24) is 9.97 Å². The number of para-hydroxylation sites is 2. The number of aromatic nitrogens is 2. The summed E-state index contributed by atoms with van der Waals surface area (Å²) >= 11 is 0. The number of furan rings is 2. The van der Waals surface area contributed by atoms with E-state index < -0.39 is 0 Å². The first-order chi connectivity index (χ1) is 29.9. The molecule has 0 bridgehead atoms. The molecule has 6 nitrogen and oxygen atoms in total. The number of nitrogens with zero attached hydrogens (tertiary/aromatic N) is 2. The maximum atomic E-state index is 11.7. The number of pyridine rings is 2. The van der Waals surface area contributed by atoms with Crippen molar-refractivity contribution in [3.8, 4) is 22.5 Å². The zero-order chi connectivity index (χ0) is 42.3. The van der Waals surface area contributed by atoms with E-state index in [1.165, 1.54) is 16.8 Å². The third kappa shape index (κ3) is 9.11. The molecule has 62 heavy (non-hydrogen) atoms. The zero-order valence-corrected chi connectivity index (χ0v) is 37.7. The molecule has 0 aliphatic carbocycles. The molecule has 0 aliphatic rings. The van der Waals surface area contributed by atoms with E-state index >= 15 is 0 Å². The van der Waals surface area contributed by atoms with E-state index in [0.29, 0.717) is 0 Å². The van der Waals surface area contributed by atoms with Gasteiger partial charge in [-0.05, 0) is 49.9 Å². The van der Waals surface area contributed by atoms with Gasteiger partial charge in [-0.25, -0.2) is 0 Å². The number of ketones is 1. The summed E-state index contributed by atoms with van der Waals surface area (Å²) in [5.74, 6) is 0.547. The maximum absolute atomic E-state index is 11.7. The predicted molar refractivity (Wildman–Crippen MR) is 250 cm³/mol. The van der Waals surface area contributed by atoms with Crippen LogP contribution in [0.3, 0.4) is 0 Å². The molecule has 10 aromatic rings. The van der Waals surface area contributed by atoms with Gasteiger partial charge in [0.2, 0.25) is 0 Å². The van der Waals surface area contributed by atoms with Crippen molar-refractivity contribution in [2.45, 2.75) is 53.4 Å². The normalized spacial score (nSPS) is 11.5. The van der Waals surface area contributed by atoms with Crippen molar-refractivity contribution >= 4 is 71.2 Å². The van der Waals surface area contributed by atoms with Crippen molar-refractivity contribution in [1.29, 1.82) is 0 Å². The van der Waals surface area contributed by atoms with E-state index in [2.05, 4.69) is 82.8 Å². The summed E-state index contributed by atoms with van der Waals surface area (Å²) in [5.41, 5.74) is 7.30. The molecule has 313 valence electrons. The Morgan fingerprint density at radius 3 is 1.42 bits per heavy atom. The first kappa shape index (κ1) is 43.7. The zero-order valence-electron chi connectivity index (χ0n) is 35.3. The van der Waals surface area contributed by atoms with E-state index in [1.54, 1.807) is 12.4 Å². The third-order valence-electron chi connectivity index (χ3n) is 11.5. The molecule has 1 radical (unpaired) electrons. The summed E-state index contributed by atoms with van der Waals surface area (Å²) in [7, 11) is 0. The minimum atomic E-state index is 0. The number of hydrogen-bond donors (Lipinski definition) is 1. The summed E-state index contributed by atoms with van der Waals surface area (Å²) in [6.45, 7) is 8.07. The molecule has 0 atom stereocenters. The van der Waals surface area contributed by atoms with Crippen LogP contribution in [0.15, 0.2) is 167 Å². The number of aliphatic hydroxyl groups excluding tert-OH is 1. The van der Waals surface area contributed by atoms with Gasteiger partial charge in [0.25, 0.3) is 0 Å². The van der Waals surface area contributed by atoms with Gasteiger partial charge in [0.1, 0.15) is 22.3 Å². The molecular weight excluding hydrogens is 945 g/mol. The Kier molecular flexibility index (Phi) is 14.1. The van der Waals surface area contributed by atoms with E-state index in [-0.39, 0.29) is 43.5 Å². The van der Waals surface area contributed by atoms with Gasteiger partial charge in [-0.2, -0.15) is 0 Å². The van der Waals surface area contributed by atoms with Crippen LogP contribution in [-0.4, -0.2) is 20.9 Å². The summed E-state index contributed by atoms with van der Waals surface area (Å²) in [4.78, 5) is 20.9. The second-order valence-corrected chi connectivity index (χ2v) is 15.2. The van der Waals surface area contributed by atoms with Crippen LogP contribution in [0.25, 0.3) is 87.9 Å². The number of aliphatic hydroxyl groups is 1. The Balaban J connectivity index is 0.000000143. The minimum Gasteiger partial charge on any atom is -0.512 e. The van der Waals surface area contributed by atoms with Crippen LogP contribution in [0.5, 0.6) is 0 Å². The summed E-state index contributed by atoms with van der Waals surface area (Å²) in [6.07, 6.45) is 8.50. The van der Waals surface area contributed by atoms with Gasteiger partial charge in [-0.3, -0.25) is 14.8 Å². The standard InChI is InChI=1S/2C21H12NO.C13H24O2.Ir/c2*1-2-6-15-13-16(10-9-14(15)5-1)21-20-17-7-3-4-8-18(17)23-19(20)11-12-22-21;1-5-10(6-2)12(14)9-13(15)11(7-3)8-4;/h2*1-12H;9-11,14H,5-8H2,1-4H3;/q2*-1;;/b;;12-9-;. The largest absolute Gasteiger partial charge is 0.512 e. The van der Waals surface area contributed by atoms with E-state index in [9.17, 15) is 9.90 Å². The van der Waals surface area contributed by atoms with Gasteiger partial charge in [0.05, 0.1) is 5.76 Å². The van der Waals surface area contributed by atoms with Crippen LogP contribution in [0, 0.1) is 24.0 Å². The summed E-state index contributed by atoms with van der Waals surface area (Å²) in [5, 5.41) is 18.6. The number of allylic oxidation sites excluding steroid dienone is 2. The van der Waals surface area contributed by atoms with Gasteiger partial charge in [-0.1, -0.05) is 122 Å². The number of benzene rings is 6. The molecule has 0 spiro atoms. The van der Waals surface area contributed by atoms with Crippen molar-refractivity contribution in [3.63, 3.8) is 0 Å². The van der Waals surface area contributed by atoms with E-state index in [1.807, 2.05) is 100 Å². The van der Waals surface area contributed by atoms with Crippen molar-refractivity contribution < 1.29 is 38.8 Å². The molecule has 0 saturated carbocycles. The Bertz CT molecular complexity index is 2970. The van der Waals surface area contributed by atoms with Crippen molar-refractivity contribution in [2.24, 2.45) is 11.8 Å². The average molecular weight is 993 g/mol. The molecule has 1 N–H and O–H groups in total. The molecule has 7 heteroatoms. The number of carbonyl (C=O) groups is 1. The molecule has 0 unspecified atom stereocenters. The van der Waals surface area contributed by atoms with Gasteiger partial charge >= 0.3 is 0 Å². The fraction of sp³-hybridized carbons (Fsp3) is 0.182. The quantitative estimate of drug-likeness (QED) is 0.0880. The van der Waals surface area contributed by atoms with E-state index in [0.717, 1.165) is 103 Å². The predicted octanol–water partition coefficient (Wildman–Crippen LogP) is 15.1. The topological polar surface area (TPSA) is 89.4 Å². The van der Waals surface area contributed by atoms with Gasteiger partial charge in [-0.15, -0.1) is 59.3 Å². The summed E-state index contributed by atoms with van der Waals surface area (Å²) in [6, 6.07) is 51.8. The average Bonchev–Trinajstić information content (AvgIpc) is 3.89. The molecule has 0 saturated heterocycles. The Labute approximate surface area is 375 Å². The van der Waals surface area contributed by atoms with Crippen LogP contribution < -0.4 is 0 Å². The smallest absolute Gasteiger partial charge is 0.162 e. The summed E-state index contributed by atoms with van der Waals surface area (Å²) < 4.78 is 11.9. The monoisotopic (exact) mass is 993 g/mol. The molecular formula is C55H48IrN2O4-2. The van der Waals surface area contributed by atoms with Gasteiger partial charge < -0.3 is 13.9 Å². The Morgan fingerprint density at radius 2 is 0.968 bits per heavy atom. The number of fused-ring (bicyclic) bond motifs is 8. The van der Waals surface area contributed by atoms with Crippen LogP contribution in [0.1, 0.15) is 53.4 Å². The molecule has 10 rings (SSSR count). The Morgan fingerprint density at radius 1 is 0.548 bits per heavy atom. The molecule has 0 amide bonds. The van der Waals surface area contributed by atoms with Gasteiger partial charge in [0, 0.05) is 83.3 Å². The van der Waals surface area contributed by atoms with Crippen molar-refractivity contribution in [2.75, 3.05) is 0 Å². The van der Waals surface area contributed by atoms with Gasteiger partial charge in [0.15, 0.2) is 5.78 Å². The van der Waals surface area contributed by atoms with Crippen LogP contribution in [0.2, 0.25) is 0 Å². The fourth-order valence-corrected chi connectivity index (χ4v) is 8.04. The molecule has 0 aliphatic heterocycles. The van der Waals surface area contributed by atoms with Crippen molar-refractivity contribution in [3.05, 3.63) is 170 Å². The molecule has 4 aromatic heterocycles. The molecule has 0 fully saturated rings. The fourth-order valence-electron chi connectivity index (χ4n) is 8.04. The van der Waals surface area contributed by atoms with Crippen LogP contribution in [0.4, 0.5) is 0 Å². The van der Waals surface area contributed by atoms with Crippen LogP contribution in [-0.2, 0) is 24.9 Å². The maximum Gasteiger partial charge on any atom is 0.162 e. The number of rotatable bonds is 9. The third-order valence-corrected chi connectivity index (χ3v) is 11.5. The minimum absolute atomic E-state index is 0. The van der Waals surface area contributed by atoms with Crippen LogP contribution >= 0.6 is 0 Å². The Hall–Kier alpha value is -6.40. The SMILES string of the molecule is CCC(CC)C(=O)/C=C(\O)C(CC)CC.[Ir].[c-]1c(-c2nccc3oc4ccccc4c23)ccc2ccccc12.[c-]1c(-c2nccc3oc4ccccc4c23)ccc2ccccc12. The number of carbonyl (C=O) groups excluding carboxylic acids is 1. The first-order valence-corrected chi connectivity index (χ1v) is 21.2. The molecule has 6 aromatic carbocycles. The second kappa shape index (κ2) is 20.0. The second-order valence-electron chi connectivity index (χ2n) is 15.2. The number of hydrogen-bond acceptors (Lipinski definition) is 6.